The Balaban J connectivity index is 1.60. The van der Waals surface area contributed by atoms with Gasteiger partial charge in [0.2, 0.25) is 11.7 Å². The molecule has 4 rings (SSSR count). The molecule has 1 unspecified atom stereocenters. The van der Waals surface area contributed by atoms with Crippen molar-refractivity contribution in [2.24, 2.45) is 0 Å². The van der Waals surface area contributed by atoms with Gasteiger partial charge in [0.25, 0.3) is 11.5 Å². The van der Waals surface area contributed by atoms with Crippen LogP contribution >= 0.6 is 0 Å². The first-order valence-electron chi connectivity index (χ1n) is 10.2. The van der Waals surface area contributed by atoms with Gasteiger partial charge in [-0.2, -0.15) is 4.98 Å². The van der Waals surface area contributed by atoms with Crippen LogP contribution in [0, 0.1) is 6.92 Å². The molecule has 1 amide bonds. The summed E-state index contributed by atoms with van der Waals surface area (Å²) in [6.07, 6.45) is 0.848. The largest absolute Gasteiger partial charge is 0.341 e. The molecule has 0 bridgehead atoms. The van der Waals surface area contributed by atoms with Crippen LogP contribution in [0.1, 0.15) is 48.3 Å². The second kappa shape index (κ2) is 8.51. The first-order valence-corrected chi connectivity index (χ1v) is 10.2. The molecule has 4 aromatic rings. The molecule has 0 fully saturated rings. The van der Waals surface area contributed by atoms with E-state index in [4.69, 9.17) is 4.52 Å². The number of nitrogens with one attached hydrogen (secondary N) is 1. The van der Waals surface area contributed by atoms with Crippen molar-refractivity contribution in [3.63, 3.8) is 0 Å². The monoisotopic (exact) mass is 417 g/mol. The molecule has 2 heterocycles. The Labute approximate surface area is 178 Å². The van der Waals surface area contributed by atoms with E-state index in [9.17, 15) is 9.59 Å². The summed E-state index contributed by atoms with van der Waals surface area (Å²) in [6, 6.07) is 14.0. The van der Waals surface area contributed by atoms with E-state index in [1.165, 1.54) is 0 Å². The number of fused-ring (bicyclic) bond motifs is 1. The number of aromatic nitrogens is 4. The number of carbonyl (C=O) groups is 1. The first-order chi connectivity index (χ1) is 15.0. The molecule has 0 aliphatic carbocycles. The normalized spacial score (nSPS) is 12.1. The highest BCUT2D eigenvalue weighted by molar-refractivity contribution is 5.94. The van der Waals surface area contributed by atoms with Crippen LogP contribution in [0.5, 0.6) is 0 Å². The summed E-state index contributed by atoms with van der Waals surface area (Å²) in [5, 5.41) is 6.92. The second-order valence-corrected chi connectivity index (χ2v) is 7.37. The fourth-order valence-electron chi connectivity index (χ4n) is 3.42. The van der Waals surface area contributed by atoms with Crippen molar-refractivity contribution in [1.29, 1.82) is 0 Å². The van der Waals surface area contributed by atoms with Crippen LogP contribution in [0.25, 0.3) is 22.4 Å². The number of nitrogens with zero attached hydrogens (tertiary/aromatic N) is 4. The lowest BCUT2D eigenvalue weighted by molar-refractivity contribution is 0.0932. The zero-order chi connectivity index (χ0) is 22.0. The zero-order valence-electron chi connectivity index (χ0n) is 17.6. The van der Waals surface area contributed by atoms with Gasteiger partial charge >= 0.3 is 0 Å². The predicted octanol–water partition coefficient (Wildman–Crippen LogP) is 3.66. The fraction of sp³-hybridized carbons (Fsp3) is 0.261. The summed E-state index contributed by atoms with van der Waals surface area (Å²) in [6.45, 7) is 6.15. The minimum absolute atomic E-state index is 0.0769. The van der Waals surface area contributed by atoms with E-state index in [2.05, 4.69) is 20.4 Å². The standard InChI is InChI=1S/C23H23N5O3/c1-4-12-28-19-11-10-17(13-18(19)24-15(3)23(28)30)20-26-22(31-27-20)14(2)25-21(29)16-8-6-5-7-9-16/h5-11,13-14H,4,12H2,1-3H3,(H,25,29). The molecule has 8 nitrogen and oxygen atoms in total. The number of amides is 1. The maximum Gasteiger partial charge on any atom is 0.272 e. The van der Waals surface area contributed by atoms with Gasteiger partial charge in [0.05, 0.1) is 11.0 Å². The summed E-state index contributed by atoms with van der Waals surface area (Å²) >= 11 is 0. The molecule has 0 aliphatic heterocycles. The van der Waals surface area contributed by atoms with Crippen LogP contribution in [0.3, 0.4) is 0 Å². The molecule has 158 valence electrons. The van der Waals surface area contributed by atoms with Gasteiger partial charge in [-0.15, -0.1) is 0 Å². The minimum Gasteiger partial charge on any atom is -0.341 e. The van der Waals surface area contributed by atoms with Crippen molar-refractivity contribution in [2.45, 2.75) is 39.8 Å². The fourth-order valence-corrected chi connectivity index (χ4v) is 3.42. The van der Waals surface area contributed by atoms with Gasteiger partial charge in [-0.3, -0.25) is 9.59 Å². The minimum atomic E-state index is -0.454. The average molecular weight is 417 g/mol. The summed E-state index contributed by atoms with van der Waals surface area (Å²) in [7, 11) is 0. The summed E-state index contributed by atoms with van der Waals surface area (Å²) in [5.41, 5.74) is 3.12. The second-order valence-electron chi connectivity index (χ2n) is 7.37. The van der Waals surface area contributed by atoms with Crippen LogP contribution in [0.15, 0.2) is 57.8 Å². The van der Waals surface area contributed by atoms with Gasteiger partial charge in [0, 0.05) is 17.7 Å². The Kier molecular flexibility index (Phi) is 5.62. The summed E-state index contributed by atoms with van der Waals surface area (Å²) in [5.74, 6) is 0.483. The van der Waals surface area contributed by atoms with Crippen molar-refractivity contribution >= 4 is 16.9 Å². The van der Waals surface area contributed by atoms with Crippen molar-refractivity contribution in [3.8, 4) is 11.4 Å². The molecular weight excluding hydrogens is 394 g/mol. The van der Waals surface area contributed by atoms with Crippen molar-refractivity contribution in [1.82, 2.24) is 25.0 Å². The third-order valence-electron chi connectivity index (χ3n) is 5.01. The lowest BCUT2D eigenvalue weighted by Crippen LogP contribution is -2.26. The number of hydrogen-bond acceptors (Lipinski definition) is 6. The Morgan fingerprint density at radius 3 is 2.68 bits per heavy atom. The van der Waals surface area contributed by atoms with Crippen LogP contribution < -0.4 is 10.9 Å². The molecule has 2 aromatic carbocycles. The van der Waals surface area contributed by atoms with Crippen molar-refractivity contribution < 1.29 is 9.32 Å². The third kappa shape index (κ3) is 4.09. The number of carbonyl (C=O) groups excluding carboxylic acids is 1. The molecule has 8 heteroatoms. The predicted molar refractivity (Wildman–Crippen MR) is 117 cm³/mol. The van der Waals surface area contributed by atoms with E-state index < -0.39 is 6.04 Å². The quantitative estimate of drug-likeness (QED) is 0.514. The smallest absolute Gasteiger partial charge is 0.272 e. The lowest BCUT2D eigenvalue weighted by Gasteiger charge is -2.10. The highest BCUT2D eigenvalue weighted by Gasteiger charge is 2.19. The Hall–Kier alpha value is -3.81. The zero-order valence-corrected chi connectivity index (χ0v) is 17.6. The molecular formula is C23H23N5O3. The molecule has 0 aliphatic rings. The number of benzene rings is 2. The van der Waals surface area contributed by atoms with Crippen LogP contribution in [0.2, 0.25) is 0 Å². The highest BCUT2D eigenvalue weighted by atomic mass is 16.5. The summed E-state index contributed by atoms with van der Waals surface area (Å²) < 4.78 is 7.12. The molecule has 1 atom stereocenters. The Bertz CT molecular complexity index is 1290. The van der Waals surface area contributed by atoms with E-state index in [1.54, 1.807) is 42.7 Å². The van der Waals surface area contributed by atoms with E-state index in [0.29, 0.717) is 35.0 Å². The topological polar surface area (TPSA) is 103 Å². The first kappa shape index (κ1) is 20.5. The molecule has 0 saturated heterocycles. The van der Waals surface area contributed by atoms with Gasteiger partial charge < -0.3 is 14.4 Å². The van der Waals surface area contributed by atoms with Gasteiger partial charge in [-0.1, -0.05) is 30.3 Å². The van der Waals surface area contributed by atoms with Crippen LogP contribution in [0.4, 0.5) is 0 Å². The van der Waals surface area contributed by atoms with Crippen molar-refractivity contribution in [2.75, 3.05) is 0 Å². The Morgan fingerprint density at radius 1 is 1.16 bits per heavy atom. The molecule has 2 aromatic heterocycles. The van der Waals surface area contributed by atoms with Crippen LogP contribution in [-0.2, 0) is 6.54 Å². The highest BCUT2D eigenvalue weighted by Crippen LogP contribution is 2.23. The molecule has 0 spiro atoms. The maximum absolute atomic E-state index is 12.4. The number of hydrogen-bond donors (Lipinski definition) is 1. The van der Waals surface area contributed by atoms with Gasteiger partial charge in [-0.25, -0.2) is 4.98 Å². The van der Waals surface area contributed by atoms with E-state index in [0.717, 1.165) is 17.5 Å². The number of aryl methyl sites for hydroxylation is 2. The van der Waals surface area contributed by atoms with Gasteiger partial charge in [-0.05, 0) is 50.6 Å². The van der Waals surface area contributed by atoms with Gasteiger partial charge in [0.15, 0.2) is 0 Å². The molecule has 0 saturated carbocycles. The van der Waals surface area contributed by atoms with E-state index in [-0.39, 0.29) is 11.5 Å². The molecule has 0 radical (unpaired) electrons. The SMILES string of the molecule is CCCn1c(=O)c(C)nc2cc(-c3noc(C(C)NC(=O)c4ccccc4)n3)ccc21. The third-order valence-corrected chi connectivity index (χ3v) is 5.01. The summed E-state index contributed by atoms with van der Waals surface area (Å²) in [4.78, 5) is 33.7. The van der Waals surface area contributed by atoms with E-state index >= 15 is 0 Å². The molecule has 1 N–H and O–H groups in total. The van der Waals surface area contributed by atoms with Gasteiger partial charge in [0.1, 0.15) is 11.7 Å². The van der Waals surface area contributed by atoms with Crippen LogP contribution in [-0.4, -0.2) is 25.6 Å². The lowest BCUT2D eigenvalue weighted by atomic mass is 10.1. The maximum atomic E-state index is 12.4. The van der Waals surface area contributed by atoms with E-state index in [1.807, 2.05) is 31.2 Å². The number of rotatable bonds is 6. The Morgan fingerprint density at radius 2 is 1.94 bits per heavy atom. The molecule has 31 heavy (non-hydrogen) atoms. The van der Waals surface area contributed by atoms with Crippen molar-refractivity contribution in [3.05, 3.63) is 76.0 Å². The average Bonchev–Trinajstić information content (AvgIpc) is 3.27.